The van der Waals surface area contributed by atoms with E-state index in [9.17, 15) is 9.18 Å². The number of pyridine rings is 1. The van der Waals surface area contributed by atoms with Gasteiger partial charge >= 0.3 is 0 Å². The summed E-state index contributed by atoms with van der Waals surface area (Å²) in [5.41, 5.74) is 3.21. The van der Waals surface area contributed by atoms with E-state index in [0.717, 1.165) is 26.8 Å². The number of amides is 1. The highest BCUT2D eigenvalue weighted by molar-refractivity contribution is 9.10. The van der Waals surface area contributed by atoms with E-state index in [4.69, 9.17) is 0 Å². The van der Waals surface area contributed by atoms with Crippen LogP contribution in [0.4, 0.5) is 15.8 Å². The first-order valence-electron chi connectivity index (χ1n) is 7.87. The van der Waals surface area contributed by atoms with E-state index in [2.05, 4.69) is 31.5 Å². The highest BCUT2D eigenvalue weighted by Gasteiger charge is 2.07. The molecule has 0 unspecified atom stereocenters. The van der Waals surface area contributed by atoms with Crippen LogP contribution in [0.2, 0.25) is 0 Å². The quantitative estimate of drug-likeness (QED) is 0.639. The fraction of sp³-hybridized carbons (Fsp3) is 0.158. The fourth-order valence-electron chi connectivity index (χ4n) is 2.53. The van der Waals surface area contributed by atoms with Crippen LogP contribution in [-0.4, -0.2) is 17.4 Å². The fourth-order valence-corrected chi connectivity index (χ4v) is 2.89. The number of carbonyl (C=O) groups is 1. The Morgan fingerprint density at radius 3 is 2.84 bits per heavy atom. The number of halogens is 2. The van der Waals surface area contributed by atoms with Crippen LogP contribution < -0.4 is 10.6 Å². The first-order valence-corrected chi connectivity index (χ1v) is 8.66. The minimum Gasteiger partial charge on any atom is -0.384 e. The zero-order valence-corrected chi connectivity index (χ0v) is 15.2. The van der Waals surface area contributed by atoms with Crippen LogP contribution in [0.3, 0.4) is 0 Å². The second kappa shape index (κ2) is 7.61. The molecule has 0 radical (unpaired) electrons. The van der Waals surface area contributed by atoms with Crippen LogP contribution in [0.5, 0.6) is 0 Å². The van der Waals surface area contributed by atoms with E-state index >= 15 is 0 Å². The summed E-state index contributed by atoms with van der Waals surface area (Å²) in [4.78, 5) is 16.3. The van der Waals surface area contributed by atoms with Crippen molar-refractivity contribution in [3.63, 3.8) is 0 Å². The van der Waals surface area contributed by atoms with Gasteiger partial charge in [0.15, 0.2) is 0 Å². The lowest BCUT2D eigenvalue weighted by molar-refractivity contribution is -0.115. The van der Waals surface area contributed by atoms with Gasteiger partial charge in [-0.2, -0.15) is 0 Å². The van der Waals surface area contributed by atoms with Gasteiger partial charge in [0, 0.05) is 46.5 Å². The van der Waals surface area contributed by atoms with Crippen molar-refractivity contribution in [1.29, 1.82) is 0 Å². The Bertz CT molecular complexity index is 930. The molecule has 0 aliphatic heterocycles. The van der Waals surface area contributed by atoms with Crippen molar-refractivity contribution in [3.05, 3.63) is 64.5 Å². The first kappa shape index (κ1) is 17.4. The molecule has 4 nitrogen and oxygen atoms in total. The van der Waals surface area contributed by atoms with Crippen LogP contribution in [-0.2, 0) is 4.79 Å². The van der Waals surface area contributed by atoms with Gasteiger partial charge in [0.05, 0.1) is 5.52 Å². The molecular weight excluding hydrogens is 385 g/mol. The Morgan fingerprint density at radius 2 is 2.00 bits per heavy atom. The second-order valence-corrected chi connectivity index (χ2v) is 6.62. The molecule has 1 amide bonds. The Kier molecular flexibility index (Phi) is 5.28. The number of hydrogen-bond donors (Lipinski definition) is 2. The van der Waals surface area contributed by atoms with E-state index in [-0.39, 0.29) is 11.7 Å². The predicted molar refractivity (Wildman–Crippen MR) is 102 cm³/mol. The molecule has 2 aromatic carbocycles. The molecule has 6 heteroatoms. The van der Waals surface area contributed by atoms with Gasteiger partial charge in [-0.05, 0) is 42.8 Å². The summed E-state index contributed by atoms with van der Waals surface area (Å²) in [7, 11) is 0. The van der Waals surface area contributed by atoms with Crippen LogP contribution >= 0.6 is 15.9 Å². The molecule has 0 aliphatic carbocycles. The Labute approximate surface area is 153 Å². The van der Waals surface area contributed by atoms with Gasteiger partial charge in [-0.1, -0.05) is 22.0 Å². The monoisotopic (exact) mass is 401 g/mol. The molecular formula is C19H17BrFN3O. The van der Waals surface area contributed by atoms with Gasteiger partial charge in [-0.15, -0.1) is 0 Å². The average molecular weight is 402 g/mol. The minimum atomic E-state index is -0.319. The predicted octanol–water partition coefficient (Wildman–Crippen LogP) is 4.89. The van der Waals surface area contributed by atoms with Gasteiger partial charge in [0.2, 0.25) is 5.91 Å². The molecule has 128 valence electrons. The zero-order chi connectivity index (χ0) is 17.8. The lowest BCUT2D eigenvalue weighted by Crippen LogP contribution is -2.17. The summed E-state index contributed by atoms with van der Waals surface area (Å²) in [5, 5.41) is 6.95. The summed E-state index contributed by atoms with van der Waals surface area (Å²) in [6, 6.07) is 12.1. The molecule has 2 N–H and O–H groups in total. The Balaban J connectivity index is 1.61. The highest BCUT2D eigenvalue weighted by Crippen LogP contribution is 2.23. The summed E-state index contributed by atoms with van der Waals surface area (Å²) < 4.78 is 14.2. The lowest BCUT2D eigenvalue weighted by Gasteiger charge is -2.11. The topological polar surface area (TPSA) is 54.0 Å². The number of anilines is 2. The number of aromatic nitrogens is 1. The second-order valence-electron chi connectivity index (χ2n) is 5.70. The van der Waals surface area contributed by atoms with Crippen molar-refractivity contribution in [2.45, 2.75) is 13.3 Å². The molecule has 25 heavy (non-hydrogen) atoms. The molecule has 0 aliphatic rings. The van der Waals surface area contributed by atoms with Gasteiger partial charge in [0.25, 0.3) is 0 Å². The van der Waals surface area contributed by atoms with Crippen molar-refractivity contribution in [2.75, 3.05) is 17.2 Å². The van der Waals surface area contributed by atoms with Gasteiger partial charge in [0.1, 0.15) is 5.82 Å². The number of nitrogens with zero attached hydrogens (tertiary/aromatic N) is 1. The SMILES string of the molecule is Cc1ccc(Br)cc1NC(=O)CCNc1ccnc2cc(F)ccc12. The summed E-state index contributed by atoms with van der Waals surface area (Å²) in [5.74, 6) is -0.390. The largest absolute Gasteiger partial charge is 0.384 e. The molecule has 0 spiro atoms. The molecule has 0 saturated heterocycles. The molecule has 0 bridgehead atoms. The zero-order valence-electron chi connectivity index (χ0n) is 13.6. The Hall–Kier alpha value is -2.47. The third-order valence-corrected chi connectivity index (χ3v) is 4.34. The third kappa shape index (κ3) is 4.33. The third-order valence-electron chi connectivity index (χ3n) is 3.85. The summed E-state index contributed by atoms with van der Waals surface area (Å²) in [6.45, 7) is 2.41. The van der Waals surface area contributed by atoms with Crippen LogP contribution in [0.25, 0.3) is 10.9 Å². The maximum atomic E-state index is 13.3. The van der Waals surface area contributed by atoms with E-state index in [1.807, 2.05) is 31.2 Å². The number of benzene rings is 2. The first-order chi connectivity index (χ1) is 12.0. The van der Waals surface area contributed by atoms with E-state index in [1.54, 1.807) is 12.3 Å². The molecule has 3 rings (SSSR count). The maximum absolute atomic E-state index is 13.3. The average Bonchev–Trinajstić information content (AvgIpc) is 2.58. The van der Waals surface area contributed by atoms with Crippen molar-refractivity contribution in [3.8, 4) is 0 Å². The molecule has 3 aromatic rings. The number of fused-ring (bicyclic) bond motifs is 1. The van der Waals surface area contributed by atoms with Crippen LogP contribution in [0.1, 0.15) is 12.0 Å². The number of rotatable bonds is 5. The van der Waals surface area contributed by atoms with Crippen molar-refractivity contribution >= 4 is 44.1 Å². The van der Waals surface area contributed by atoms with Crippen LogP contribution in [0.15, 0.2) is 53.1 Å². The number of nitrogens with one attached hydrogen (secondary N) is 2. The van der Waals surface area contributed by atoms with Crippen LogP contribution in [0, 0.1) is 12.7 Å². The summed E-state index contributed by atoms with van der Waals surface area (Å²) in [6.07, 6.45) is 1.94. The molecule has 0 fully saturated rings. The van der Waals surface area contributed by atoms with E-state index in [1.165, 1.54) is 12.1 Å². The Morgan fingerprint density at radius 1 is 1.16 bits per heavy atom. The van der Waals surface area contributed by atoms with E-state index < -0.39 is 0 Å². The van der Waals surface area contributed by atoms with Gasteiger partial charge in [-0.3, -0.25) is 9.78 Å². The number of aryl methyl sites for hydroxylation is 1. The van der Waals surface area contributed by atoms with Crippen molar-refractivity contribution in [1.82, 2.24) is 4.98 Å². The smallest absolute Gasteiger partial charge is 0.226 e. The van der Waals surface area contributed by atoms with E-state index in [0.29, 0.717) is 18.5 Å². The molecule has 1 heterocycles. The minimum absolute atomic E-state index is 0.0712. The maximum Gasteiger partial charge on any atom is 0.226 e. The van der Waals surface area contributed by atoms with Crippen molar-refractivity contribution < 1.29 is 9.18 Å². The van der Waals surface area contributed by atoms with Gasteiger partial charge < -0.3 is 10.6 Å². The molecule has 1 aromatic heterocycles. The highest BCUT2D eigenvalue weighted by atomic mass is 79.9. The number of carbonyl (C=O) groups excluding carboxylic acids is 1. The number of hydrogen-bond acceptors (Lipinski definition) is 3. The van der Waals surface area contributed by atoms with Gasteiger partial charge in [-0.25, -0.2) is 4.39 Å². The molecule has 0 saturated carbocycles. The molecule has 0 atom stereocenters. The van der Waals surface area contributed by atoms with Crippen molar-refractivity contribution in [2.24, 2.45) is 0 Å². The lowest BCUT2D eigenvalue weighted by atomic mass is 10.2. The summed E-state index contributed by atoms with van der Waals surface area (Å²) >= 11 is 3.40. The normalized spacial score (nSPS) is 10.7. The standard InChI is InChI=1S/C19H17BrFN3O/c1-12-2-3-13(20)10-17(12)24-19(25)7-9-22-16-6-8-23-18-11-14(21)4-5-15(16)18/h2-6,8,10-11H,7,9H2,1H3,(H,22,23)(H,24,25).